The first-order valence-electron chi connectivity index (χ1n) is 21.9. The summed E-state index contributed by atoms with van der Waals surface area (Å²) >= 11 is 0. The molecule has 368 valence electrons. The number of benzene rings is 1. The van der Waals surface area contributed by atoms with Crippen LogP contribution in [0.5, 0.6) is 0 Å². The zero-order valence-electron chi connectivity index (χ0n) is 39.5. The quantitative estimate of drug-likeness (QED) is 0.0273. The molecular formula is C43H67N7O15Si. The van der Waals surface area contributed by atoms with Crippen LogP contribution in [-0.4, -0.2) is 144 Å². The number of alkyl carbamates (subject to hydrolysis) is 1. The van der Waals surface area contributed by atoms with Gasteiger partial charge in [-0.3, -0.25) is 14.4 Å². The van der Waals surface area contributed by atoms with E-state index >= 15 is 0 Å². The Labute approximate surface area is 386 Å². The molecule has 0 aliphatic carbocycles. The van der Waals surface area contributed by atoms with Crippen molar-refractivity contribution in [2.45, 2.75) is 166 Å². The van der Waals surface area contributed by atoms with Crippen molar-refractivity contribution in [3.8, 4) is 0 Å². The number of esters is 3. The molecule has 1 aromatic rings. The van der Waals surface area contributed by atoms with Crippen LogP contribution >= 0.6 is 0 Å². The Hall–Kier alpha value is -5.32. The molecule has 0 unspecified atom stereocenters. The Morgan fingerprint density at radius 3 is 2.06 bits per heavy atom. The van der Waals surface area contributed by atoms with Gasteiger partial charge in [-0.2, -0.15) is 0 Å². The van der Waals surface area contributed by atoms with Crippen LogP contribution in [-0.2, 0) is 73.3 Å². The van der Waals surface area contributed by atoms with Crippen molar-refractivity contribution in [2.75, 3.05) is 27.4 Å². The highest BCUT2D eigenvalue weighted by Crippen LogP contribution is 2.35. The zero-order chi connectivity index (χ0) is 49.2. The lowest BCUT2D eigenvalue weighted by molar-refractivity contribution is -0.218. The van der Waals surface area contributed by atoms with Gasteiger partial charge in [0.05, 0.1) is 34.0 Å². The monoisotopic (exact) mass is 949 g/mol. The smallest absolute Gasteiger partial charge is 0.408 e. The SMILES string of the molecule is COC(=O)[C@@H](CCC[C@H](NC(=O)CC[C@@H](NC(=O)[C@H](C)NC(=O)[C@@H](C)O[C@@H]1[C@@H](N=[N+]=[N-])[C@@H]2OC[C@@H](O2)[C@H]1OCc1ccccc1)C(=O)OC)C(=O)OCC[Si](C)(C)C)NC(=O)OC(C)(C)C. The van der Waals surface area contributed by atoms with E-state index in [-0.39, 0.29) is 51.9 Å². The first-order valence-corrected chi connectivity index (χ1v) is 25.6. The third kappa shape index (κ3) is 18.5. The number of hydrogen-bond acceptors (Lipinski definition) is 16. The number of hydrogen-bond donors (Lipinski definition) is 4. The number of carbonyl (C=O) groups excluding carboxylic acids is 7. The van der Waals surface area contributed by atoms with Crippen LogP contribution in [0.4, 0.5) is 4.79 Å². The van der Waals surface area contributed by atoms with Gasteiger partial charge in [-0.25, -0.2) is 19.2 Å². The number of methoxy groups -OCH3 is 2. The highest BCUT2D eigenvalue weighted by Gasteiger charge is 2.52. The molecule has 66 heavy (non-hydrogen) atoms. The molecule has 1 aromatic carbocycles. The second-order valence-corrected chi connectivity index (χ2v) is 23.8. The maximum atomic E-state index is 13.4. The van der Waals surface area contributed by atoms with Crippen LogP contribution in [0.1, 0.15) is 72.3 Å². The number of ether oxygens (including phenoxy) is 8. The van der Waals surface area contributed by atoms with Crippen molar-refractivity contribution in [1.82, 2.24) is 21.3 Å². The molecule has 0 radical (unpaired) electrons. The van der Waals surface area contributed by atoms with Crippen LogP contribution in [0, 0.1) is 0 Å². The fourth-order valence-electron chi connectivity index (χ4n) is 6.76. The highest BCUT2D eigenvalue weighted by atomic mass is 28.3. The maximum absolute atomic E-state index is 13.4. The average molecular weight is 950 g/mol. The molecule has 2 aliphatic rings. The third-order valence-corrected chi connectivity index (χ3v) is 12.0. The highest BCUT2D eigenvalue weighted by molar-refractivity contribution is 6.76. The summed E-state index contributed by atoms with van der Waals surface area (Å²) in [5.74, 6) is -4.48. The van der Waals surface area contributed by atoms with E-state index in [9.17, 15) is 39.1 Å². The van der Waals surface area contributed by atoms with Crippen molar-refractivity contribution >= 4 is 49.8 Å². The van der Waals surface area contributed by atoms with Gasteiger partial charge in [-0.15, -0.1) is 0 Å². The van der Waals surface area contributed by atoms with Crippen molar-refractivity contribution in [3.63, 3.8) is 0 Å². The van der Waals surface area contributed by atoms with Crippen LogP contribution < -0.4 is 21.3 Å². The molecule has 3 rings (SSSR count). The number of rotatable bonds is 25. The minimum atomic E-state index is -1.59. The number of azide groups is 1. The van der Waals surface area contributed by atoms with Gasteiger partial charge in [-0.1, -0.05) is 55.1 Å². The average Bonchev–Trinajstić information content (AvgIpc) is 3.69. The first-order chi connectivity index (χ1) is 31.0. The van der Waals surface area contributed by atoms with E-state index in [1.165, 1.54) is 21.0 Å². The Balaban J connectivity index is 1.63. The van der Waals surface area contributed by atoms with Gasteiger partial charge in [0.1, 0.15) is 60.2 Å². The molecule has 10 atom stereocenters. The van der Waals surface area contributed by atoms with E-state index in [0.29, 0.717) is 6.04 Å². The van der Waals surface area contributed by atoms with Crippen LogP contribution in [0.25, 0.3) is 10.4 Å². The summed E-state index contributed by atoms with van der Waals surface area (Å²) in [6.07, 6.45) is -5.74. The Bertz CT molecular complexity index is 1860. The molecule has 4 N–H and O–H groups in total. The number of carbonyl (C=O) groups is 7. The summed E-state index contributed by atoms with van der Waals surface area (Å²) in [6, 6.07) is 4.15. The maximum Gasteiger partial charge on any atom is 0.408 e. The lowest BCUT2D eigenvalue weighted by Gasteiger charge is -2.39. The summed E-state index contributed by atoms with van der Waals surface area (Å²) in [6.45, 7) is 14.6. The zero-order valence-corrected chi connectivity index (χ0v) is 40.5. The van der Waals surface area contributed by atoms with E-state index in [1.807, 2.05) is 30.3 Å². The van der Waals surface area contributed by atoms with Gasteiger partial charge in [0.15, 0.2) is 6.29 Å². The molecule has 2 heterocycles. The third-order valence-electron chi connectivity index (χ3n) is 10.3. The second kappa shape index (κ2) is 26.1. The van der Waals surface area contributed by atoms with E-state index in [4.69, 9.17) is 37.9 Å². The molecule has 2 fully saturated rings. The van der Waals surface area contributed by atoms with Crippen LogP contribution in [0.2, 0.25) is 25.7 Å². The molecule has 22 nitrogen and oxygen atoms in total. The number of nitrogens with zero attached hydrogens (tertiary/aromatic N) is 3. The van der Waals surface area contributed by atoms with Gasteiger partial charge in [0, 0.05) is 19.4 Å². The number of amides is 4. The minimum Gasteiger partial charge on any atom is -0.467 e. The first kappa shape index (κ1) is 55.0. The standard InChI is InChI=1S/C43H67N7O15Si/c1-25(45-37(53)26(2)63-35-33(49-50-44)41-62-24-31(64-41)34(35)61-23-27-15-12-11-13-16-27)36(52)47-30(39(55)59-7)19-20-32(51)46-29(40(56)60-21-22-66(8,9)10)18-14-17-28(38(54)58-6)48-42(57)65-43(3,4)5/h11-13,15-16,25-26,28-31,33-35,41H,14,17-24H2,1-10H3,(H,45,53)(H,46,51)(H,47,52)(H,48,57)/t25-,26+,28+,29-,30+,31+,33+,34+,35+,41+/m0/s1. The second-order valence-electron chi connectivity index (χ2n) is 18.2. The van der Waals surface area contributed by atoms with Crippen LogP contribution in [0.15, 0.2) is 35.4 Å². The summed E-state index contributed by atoms with van der Waals surface area (Å²) in [5, 5.41) is 14.0. The number of nitrogens with one attached hydrogen (secondary N) is 4. The van der Waals surface area contributed by atoms with Crippen molar-refractivity contribution in [1.29, 1.82) is 0 Å². The van der Waals surface area contributed by atoms with Crippen molar-refractivity contribution < 1.29 is 71.5 Å². The molecule has 2 aliphatic heterocycles. The van der Waals surface area contributed by atoms with Gasteiger partial charge in [0.2, 0.25) is 17.7 Å². The topological polar surface area (TPSA) is 290 Å². The fraction of sp³-hybridized carbons (Fsp3) is 0.698. The normalized spacial score (nSPS) is 21.3. The molecule has 2 bridgehead atoms. The van der Waals surface area contributed by atoms with Gasteiger partial charge >= 0.3 is 24.0 Å². The summed E-state index contributed by atoms with van der Waals surface area (Å²) in [4.78, 5) is 94.1. The van der Waals surface area contributed by atoms with E-state index in [1.54, 1.807) is 20.8 Å². The molecular weight excluding hydrogens is 883 g/mol. The molecule has 0 aromatic heterocycles. The van der Waals surface area contributed by atoms with E-state index < -0.39 is 116 Å². The summed E-state index contributed by atoms with van der Waals surface area (Å²) < 4.78 is 44.4. The molecule has 0 spiro atoms. The predicted molar refractivity (Wildman–Crippen MR) is 238 cm³/mol. The Kier molecular flexibility index (Phi) is 21.8. The van der Waals surface area contributed by atoms with Gasteiger partial charge in [0.25, 0.3) is 0 Å². The number of fused-ring (bicyclic) bond motifs is 2. The van der Waals surface area contributed by atoms with Crippen molar-refractivity contribution in [2.24, 2.45) is 5.11 Å². The molecule has 4 amide bonds. The Morgan fingerprint density at radius 1 is 0.848 bits per heavy atom. The summed E-state index contributed by atoms with van der Waals surface area (Å²) in [5.41, 5.74) is 9.37. The van der Waals surface area contributed by atoms with Crippen molar-refractivity contribution in [3.05, 3.63) is 46.3 Å². The molecule has 0 saturated carbocycles. The van der Waals surface area contributed by atoms with Gasteiger partial charge < -0.3 is 59.2 Å². The lowest BCUT2D eigenvalue weighted by Crippen LogP contribution is -2.58. The largest absolute Gasteiger partial charge is 0.467 e. The Morgan fingerprint density at radius 2 is 1.47 bits per heavy atom. The molecule has 2 saturated heterocycles. The molecule has 23 heteroatoms. The van der Waals surface area contributed by atoms with E-state index in [0.717, 1.165) is 12.7 Å². The van der Waals surface area contributed by atoms with Gasteiger partial charge in [-0.05, 0) is 77.4 Å². The van der Waals surface area contributed by atoms with Crippen LogP contribution in [0.3, 0.4) is 0 Å². The summed E-state index contributed by atoms with van der Waals surface area (Å²) in [7, 11) is 0.675. The predicted octanol–water partition coefficient (Wildman–Crippen LogP) is 3.33. The lowest BCUT2D eigenvalue weighted by atomic mass is 9.98. The van der Waals surface area contributed by atoms with E-state index in [2.05, 4.69) is 50.9 Å². The fourth-order valence-corrected chi connectivity index (χ4v) is 7.47. The minimum absolute atomic E-state index is 0.00849.